The van der Waals surface area contributed by atoms with Crippen molar-refractivity contribution in [3.05, 3.63) is 65.7 Å². The lowest BCUT2D eigenvalue weighted by Crippen LogP contribution is -2.25. The SMILES string of the molecule is CC1(F)C(=O)Nc2nc(-c3nn(Cc4ccccc4F)c4ncccc34)ncc21. The molecular formula is C20H14F2N6O. The molecule has 4 aromatic rings. The summed E-state index contributed by atoms with van der Waals surface area (Å²) in [6.45, 7) is 1.34. The maximum Gasteiger partial charge on any atom is 0.267 e. The Morgan fingerprint density at radius 3 is 2.83 bits per heavy atom. The zero-order valence-electron chi connectivity index (χ0n) is 15.2. The number of nitrogens with zero attached hydrogens (tertiary/aromatic N) is 5. The zero-order valence-corrected chi connectivity index (χ0v) is 15.2. The Hall–Kier alpha value is -3.75. The molecule has 3 aromatic heterocycles. The number of aromatic nitrogens is 5. The molecule has 0 radical (unpaired) electrons. The minimum atomic E-state index is -2.18. The molecule has 1 aliphatic rings. The maximum atomic E-state index is 14.5. The highest BCUT2D eigenvalue weighted by Crippen LogP contribution is 2.38. The summed E-state index contributed by atoms with van der Waals surface area (Å²) in [6, 6.07) is 9.98. The Kier molecular flexibility index (Phi) is 3.67. The van der Waals surface area contributed by atoms with Gasteiger partial charge in [-0.1, -0.05) is 18.2 Å². The average Bonchev–Trinajstić information content (AvgIpc) is 3.18. The van der Waals surface area contributed by atoms with Crippen LogP contribution in [0.25, 0.3) is 22.6 Å². The van der Waals surface area contributed by atoms with Crippen LogP contribution in [0, 0.1) is 5.82 Å². The quantitative estimate of drug-likeness (QED) is 0.579. The average molecular weight is 392 g/mol. The molecule has 1 N–H and O–H groups in total. The number of pyridine rings is 1. The molecule has 1 aliphatic heterocycles. The van der Waals surface area contributed by atoms with Crippen LogP contribution in [0.1, 0.15) is 18.1 Å². The predicted molar refractivity (Wildman–Crippen MR) is 101 cm³/mol. The standard InChI is InChI=1S/C20H14F2N6O/c1-20(22)13-9-24-17(25-16(13)26-19(20)29)15-12-6-4-8-23-18(12)28(27-15)10-11-5-2-3-7-14(11)21/h2-9H,10H2,1H3,(H,24,25,26,29). The summed E-state index contributed by atoms with van der Waals surface area (Å²) < 4.78 is 30.2. The Bertz CT molecular complexity index is 1280. The number of fused-ring (bicyclic) bond motifs is 2. The summed E-state index contributed by atoms with van der Waals surface area (Å²) in [6.07, 6.45) is 2.90. The molecule has 9 heteroatoms. The van der Waals surface area contributed by atoms with Crippen LogP contribution < -0.4 is 5.32 Å². The molecule has 1 amide bonds. The molecule has 0 saturated heterocycles. The molecule has 0 aliphatic carbocycles. The highest BCUT2D eigenvalue weighted by molar-refractivity contribution is 6.03. The zero-order chi connectivity index (χ0) is 20.2. The lowest BCUT2D eigenvalue weighted by Gasteiger charge is -2.09. The molecule has 0 saturated carbocycles. The maximum absolute atomic E-state index is 14.5. The normalized spacial score (nSPS) is 18.1. The van der Waals surface area contributed by atoms with Gasteiger partial charge in [0.1, 0.15) is 17.3 Å². The van der Waals surface area contributed by atoms with E-state index >= 15 is 0 Å². The van der Waals surface area contributed by atoms with Crippen LogP contribution in [0.4, 0.5) is 14.6 Å². The topological polar surface area (TPSA) is 85.6 Å². The van der Waals surface area contributed by atoms with Crippen LogP contribution in [-0.2, 0) is 17.0 Å². The summed E-state index contributed by atoms with van der Waals surface area (Å²) in [4.78, 5) is 24.7. The van der Waals surface area contributed by atoms with Crippen molar-refractivity contribution in [3.63, 3.8) is 0 Å². The Labute approximate surface area is 163 Å². The van der Waals surface area contributed by atoms with E-state index in [0.29, 0.717) is 22.3 Å². The Morgan fingerprint density at radius 2 is 2.00 bits per heavy atom. The summed E-state index contributed by atoms with van der Waals surface area (Å²) in [5.41, 5.74) is -0.686. The van der Waals surface area contributed by atoms with Gasteiger partial charge in [0.25, 0.3) is 5.91 Å². The minimum absolute atomic E-state index is 0.0828. The van der Waals surface area contributed by atoms with E-state index in [0.717, 1.165) is 0 Å². The molecule has 144 valence electrons. The van der Waals surface area contributed by atoms with Crippen molar-refractivity contribution < 1.29 is 13.6 Å². The van der Waals surface area contributed by atoms with Gasteiger partial charge < -0.3 is 5.32 Å². The molecule has 29 heavy (non-hydrogen) atoms. The van der Waals surface area contributed by atoms with Gasteiger partial charge in [-0.25, -0.2) is 28.4 Å². The molecule has 0 fully saturated rings. The fourth-order valence-corrected chi connectivity index (χ4v) is 3.35. The van der Waals surface area contributed by atoms with Crippen molar-refractivity contribution in [1.82, 2.24) is 24.7 Å². The number of alkyl halides is 1. The predicted octanol–water partition coefficient (Wildman–Crippen LogP) is 3.21. The van der Waals surface area contributed by atoms with E-state index in [4.69, 9.17) is 0 Å². The molecule has 5 rings (SSSR count). The third-order valence-electron chi connectivity index (χ3n) is 4.95. The molecule has 4 heterocycles. The van der Waals surface area contributed by atoms with Gasteiger partial charge >= 0.3 is 0 Å². The number of hydrogen-bond donors (Lipinski definition) is 1. The second-order valence-electron chi connectivity index (χ2n) is 6.89. The molecule has 7 nitrogen and oxygen atoms in total. The highest BCUT2D eigenvalue weighted by atomic mass is 19.1. The van der Waals surface area contributed by atoms with Crippen molar-refractivity contribution in [3.8, 4) is 11.5 Å². The number of rotatable bonds is 3. The van der Waals surface area contributed by atoms with Crippen LogP contribution >= 0.6 is 0 Å². The van der Waals surface area contributed by atoms with Gasteiger partial charge in [-0.05, 0) is 25.1 Å². The van der Waals surface area contributed by atoms with E-state index in [1.165, 1.54) is 19.2 Å². The van der Waals surface area contributed by atoms with E-state index in [1.54, 1.807) is 41.2 Å². The number of hydrogen-bond acceptors (Lipinski definition) is 5. The first-order valence-corrected chi connectivity index (χ1v) is 8.88. The lowest BCUT2D eigenvalue weighted by molar-refractivity contribution is -0.125. The Morgan fingerprint density at radius 1 is 1.17 bits per heavy atom. The number of carbonyl (C=O) groups excluding carboxylic acids is 1. The van der Waals surface area contributed by atoms with Gasteiger partial charge in [-0.3, -0.25) is 4.79 Å². The van der Waals surface area contributed by atoms with E-state index in [2.05, 4.69) is 25.4 Å². The second-order valence-corrected chi connectivity index (χ2v) is 6.89. The fraction of sp³-hybridized carbons (Fsp3) is 0.150. The van der Waals surface area contributed by atoms with Crippen LogP contribution in [0.15, 0.2) is 48.8 Å². The van der Waals surface area contributed by atoms with Crippen LogP contribution in [-0.4, -0.2) is 30.6 Å². The highest BCUT2D eigenvalue weighted by Gasteiger charge is 2.44. The number of halogens is 2. The van der Waals surface area contributed by atoms with E-state index in [9.17, 15) is 13.6 Å². The van der Waals surface area contributed by atoms with Gasteiger partial charge in [0.15, 0.2) is 11.5 Å². The van der Waals surface area contributed by atoms with Crippen LogP contribution in [0.3, 0.4) is 0 Å². The number of benzene rings is 1. The third-order valence-corrected chi connectivity index (χ3v) is 4.95. The largest absolute Gasteiger partial charge is 0.307 e. The number of amides is 1. The van der Waals surface area contributed by atoms with E-state index < -0.39 is 11.6 Å². The van der Waals surface area contributed by atoms with Crippen molar-refractivity contribution in [2.24, 2.45) is 0 Å². The number of carbonyl (C=O) groups is 1. The van der Waals surface area contributed by atoms with Crippen molar-refractivity contribution in [2.75, 3.05) is 5.32 Å². The van der Waals surface area contributed by atoms with Crippen molar-refractivity contribution >= 4 is 22.8 Å². The first-order valence-electron chi connectivity index (χ1n) is 8.88. The first kappa shape index (κ1) is 17.4. The molecular weight excluding hydrogens is 378 g/mol. The van der Waals surface area contributed by atoms with Crippen molar-refractivity contribution in [2.45, 2.75) is 19.1 Å². The molecule has 1 unspecified atom stereocenters. The van der Waals surface area contributed by atoms with E-state index in [-0.39, 0.29) is 29.6 Å². The van der Waals surface area contributed by atoms with E-state index in [1.807, 2.05) is 0 Å². The summed E-state index contributed by atoms with van der Waals surface area (Å²) in [7, 11) is 0. The molecule has 0 bridgehead atoms. The lowest BCUT2D eigenvalue weighted by atomic mass is 10.0. The third kappa shape index (κ3) is 2.65. The summed E-state index contributed by atoms with van der Waals surface area (Å²) in [5.74, 6) is -0.791. The van der Waals surface area contributed by atoms with Gasteiger partial charge in [0.05, 0.1) is 17.5 Å². The van der Waals surface area contributed by atoms with Gasteiger partial charge in [-0.15, -0.1) is 0 Å². The smallest absolute Gasteiger partial charge is 0.267 e. The molecule has 1 aromatic carbocycles. The monoisotopic (exact) mass is 392 g/mol. The van der Waals surface area contributed by atoms with Gasteiger partial charge in [-0.2, -0.15) is 5.10 Å². The Balaban J connectivity index is 1.63. The van der Waals surface area contributed by atoms with Crippen LogP contribution in [0.5, 0.6) is 0 Å². The van der Waals surface area contributed by atoms with Crippen LogP contribution in [0.2, 0.25) is 0 Å². The van der Waals surface area contributed by atoms with Crippen molar-refractivity contribution in [1.29, 1.82) is 0 Å². The fourth-order valence-electron chi connectivity index (χ4n) is 3.35. The summed E-state index contributed by atoms with van der Waals surface area (Å²) >= 11 is 0. The number of nitrogens with one attached hydrogen (secondary N) is 1. The minimum Gasteiger partial charge on any atom is -0.307 e. The number of anilines is 1. The summed E-state index contributed by atoms with van der Waals surface area (Å²) in [5, 5.41) is 7.63. The second kappa shape index (κ2) is 6.13. The van der Waals surface area contributed by atoms with Gasteiger partial charge in [0.2, 0.25) is 5.67 Å². The molecule has 1 atom stereocenters. The van der Waals surface area contributed by atoms with Gasteiger partial charge in [0, 0.05) is 18.0 Å². The molecule has 0 spiro atoms. The first-order chi connectivity index (χ1) is 13.9.